The fourth-order valence-corrected chi connectivity index (χ4v) is 2.43. The molecule has 17 heavy (non-hydrogen) atoms. The number of anilines is 1. The number of rotatable bonds is 3. The number of ether oxygens (including phenoxy) is 1. The highest BCUT2D eigenvalue weighted by Gasteiger charge is 2.22. The van der Waals surface area contributed by atoms with E-state index in [0.29, 0.717) is 5.88 Å². The standard InChI is InChI=1S/C12H18N4O/c1-2-8-16(7-1)11-12(15-6-5-14-11)17-10-3-4-13-9-10/h5-6,10,13H,1-4,7-9H2. The van der Waals surface area contributed by atoms with Crippen molar-refractivity contribution in [2.45, 2.75) is 25.4 Å². The van der Waals surface area contributed by atoms with Crippen LogP contribution in [0.2, 0.25) is 0 Å². The molecular weight excluding hydrogens is 216 g/mol. The van der Waals surface area contributed by atoms with E-state index < -0.39 is 0 Å². The lowest BCUT2D eigenvalue weighted by Gasteiger charge is -2.20. The summed E-state index contributed by atoms with van der Waals surface area (Å²) < 4.78 is 5.94. The zero-order chi connectivity index (χ0) is 11.5. The molecule has 5 heteroatoms. The Hall–Kier alpha value is -1.36. The SMILES string of the molecule is c1cnc(N2CCCC2)c(OC2CCNC2)n1. The van der Waals surface area contributed by atoms with Gasteiger partial charge in [0.1, 0.15) is 6.10 Å². The molecule has 5 nitrogen and oxygen atoms in total. The fraction of sp³-hybridized carbons (Fsp3) is 0.667. The maximum absolute atomic E-state index is 5.94. The lowest BCUT2D eigenvalue weighted by molar-refractivity contribution is 0.214. The molecule has 1 aromatic rings. The second-order valence-electron chi connectivity index (χ2n) is 4.61. The zero-order valence-electron chi connectivity index (χ0n) is 9.93. The van der Waals surface area contributed by atoms with Gasteiger partial charge >= 0.3 is 0 Å². The molecule has 0 radical (unpaired) electrons. The smallest absolute Gasteiger partial charge is 0.257 e. The highest BCUT2D eigenvalue weighted by molar-refractivity contribution is 5.48. The summed E-state index contributed by atoms with van der Waals surface area (Å²) in [4.78, 5) is 11.0. The van der Waals surface area contributed by atoms with E-state index in [2.05, 4.69) is 20.2 Å². The second-order valence-corrected chi connectivity index (χ2v) is 4.61. The zero-order valence-corrected chi connectivity index (χ0v) is 9.93. The Morgan fingerprint density at radius 1 is 1.24 bits per heavy atom. The largest absolute Gasteiger partial charge is 0.470 e. The van der Waals surface area contributed by atoms with Gasteiger partial charge in [-0.25, -0.2) is 9.97 Å². The Bertz CT molecular complexity index is 373. The van der Waals surface area contributed by atoms with Crippen LogP contribution in [0.15, 0.2) is 12.4 Å². The van der Waals surface area contributed by atoms with Crippen molar-refractivity contribution in [3.05, 3.63) is 12.4 Å². The molecule has 1 atom stereocenters. The van der Waals surface area contributed by atoms with Gasteiger partial charge in [-0.05, 0) is 25.8 Å². The van der Waals surface area contributed by atoms with Crippen molar-refractivity contribution in [3.8, 4) is 5.88 Å². The van der Waals surface area contributed by atoms with Crippen LogP contribution >= 0.6 is 0 Å². The van der Waals surface area contributed by atoms with Gasteiger partial charge in [-0.3, -0.25) is 0 Å². The van der Waals surface area contributed by atoms with E-state index in [1.165, 1.54) is 12.8 Å². The number of nitrogens with one attached hydrogen (secondary N) is 1. The van der Waals surface area contributed by atoms with Crippen molar-refractivity contribution >= 4 is 5.82 Å². The van der Waals surface area contributed by atoms with E-state index in [4.69, 9.17) is 4.74 Å². The Morgan fingerprint density at radius 3 is 2.82 bits per heavy atom. The summed E-state index contributed by atoms with van der Waals surface area (Å²) in [6, 6.07) is 0. The minimum Gasteiger partial charge on any atom is -0.470 e. The first-order chi connectivity index (χ1) is 8.43. The lowest BCUT2D eigenvalue weighted by atomic mass is 10.3. The van der Waals surface area contributed by atoms with Crippen molar-refractivity contribution in [2.24, 2.45) is 0 Å². The van der Waals surface area contributed by atoms with Crippen molar-refractivity contribution in [3.63, 3.8) is 0 Å². The molecule has 2 aliphatic heterocycles. The minimum absolute atomic E-state index is 0.244. The van der Waals surface area contributed by atoms with E-state index in [1.807, 2.05) is 0 Å². The summed E-state index contributed by atoms with van der Waals surface area (Å²) in [5, 5.41) is 3.29. The topological polar surface area (TPSA) is 50.3 Å². The molecule has 1 unspecified atom stereocenters. The average Bonchev–Trinajstić information content (AvgIpc) is 3.01. The molecule has 2 saturated heterocycles. The third-order valence-corrected chi connectivity index (χ3v) is 3.35. The van der Waals surface area contributed by atoms with Crippen LogP contribution in [0.5, 0.6) is 5.88 Å². The monoisotopic (exact) mass is 234 g/mol. The van der Waals surface area contributed by atoms with Crippen molar-refractivity contribution < 1.29 is 4.74 Å². The molecule has 92 valence electrons. The number of hydrogen-bond donors (Lipinski definition) is 1. The maximum Gasteiger partial charge on any atom is 0.257 e. The van der Waals surface area contributed by atoms with Crippen LogP contribution < -0.4 is 15.0 Å². The molecule has 1 N–H and O–H groups in total. The summed E-state index contributed by atoms with van der Waals surface area (Å²) in [5.74, 6) is 1.61. The molecule has 0 aromatic carbocycles. The molecule has 0 amide bonds. The van der Waals surface area contributed by atoms with Gasteiger partial charge in [0.2, 0.25) is 0 Å². The Morgan fingerprint density at radius 2 is 2.06 bits per heavy atom. The van der Waals surface area contributed by atoms with Crippen molar-refractivity contribution in [1.82, 2.24) is 15.3 Å². The minimum atomic E-state index is 0.244. The van der Waals surface area contributed by atoms with Gasteiger partial charge in [-0.1, -0.05) is 0 Å². The van der Waals surface area contributed by atoms with Gasteiger partial charge in [0.05, 0.1) is 0 Å². The summed E-state index contributed by atoms with van der Waals surface area (Å²) in [5.41, 5.74) is 0. The van der Waals surface area contributed by atoms with Crippen LogP contribution in [0.3, 0.4) is 0 Å². The lowest BCUT2D eigenvalue weighted by Crippen LogP contribution is -2.24. The first-order valence-corrected chi connectivity index (χ1v) is 6.37. The van der Waals surface area contributed by atoms with Crippen molar-refractivity contribution in [1.29, 1.82) is 0 Å². The van der Waals surface area contributed by atoms with E-state index in [9.17, 15) is 0 Å². The molecule has 2 fully saturated rings. The van der Waals surface area contributed by atoms with Crippen molar-refractivity contribution in [2.75, 3.05) is 31.1 Å². The molecule has 0 aliphatic carbocycles. The average molecular weight is 234 g/mol. The van der Waals surface area contributed by atoms with Crippen LogP contribution in [0.4, 0.5) is 5.82 Å². The fourth-order valence-electron chi connectivity index (χ4n) is 2.43. The Kier molecular flexibility index (Phi) is 3.09. The summed E-state index contributed by atoms with van der Waals surface area (Å²) >= 11 is 0. The first-order valence-electron chi connectivity index (χ1n) is 6.37. The summed E-state index contributed by atoms with van der Waals surface area (Å²) in [6.45, 7) is 4.08. The van der Waals surface area contributed by atoms with Gasteiger partial charge in [0.25, 0.3) is 5.88 Å². The van der Waals surface area contributed by atoms with Gasteiger partial charge in [0.15, 0.2) is 5.82 Å². The number of aromatic nitrogens is 2. The first kappa shape index (κ1) is 10.8. The van der Waals surface area contributed by atoms with E-state index in [-0.39, 0.29) is 6.10 Å². The molecule has 1 aromatic heterocycles. The van der Waals surface area contributed by atoms with Gasteiger partial charge in [0, 0.05) is 32.0 Å². The molecule has 0 spiro atoms. The quantitative estimate of drug-likeness (QED) is 0.839. The predicted octanol–water partition coefficient (Wildman–Crippen LogP) is 0.817. The molecule has 2 aliphatic rings. The Balaban J connectivity index is 1.77. The molecule has 3 heterocycles. The van der Waals surface area contributed by atoms with Crippen LogP contribution in [0.25, 0.3) is 0 Å². The summed E-state index contributed by atoms with van der Waals surface area (Å²) in [7, 11) is 0. The second kappa shape index (κ2) is 4.87. The highest BCUT2D eigenvalue weighted by Crippen LogP contribution is 2.27. The predicted molar refractivity (Wildman–Crippen MR) is 65.4 cm³/mol. The van der Waals surface area contributed by atoms with Gasteiger partial charge < -0.3 is 15.0 Å². The van der Waals surface area contributed by atoms with E-state index >= 15 is 0 Å². The third-order valence-electron chi connectivity index (χ3n) is 3.35. The van der Waals surface area contributed by atoms with Crippen LogP contribution in [0, 0.1) is 0 Å². The van der Waals surface area contributed by atoms with Gasteiger partial charge in [-0.15, -0.1) is 0 Å². The van der Waals surface area contributed by atoms with E-state index in [0.717, 1.165) is 38.4 Å². The van der Waals surface area contributed by atoms with E-state index in [1.54, 1.807) is 12.4 Å². The molecule has 3 rings (SSSR count). The molecular formula is C12H18N4O. The number of nitrogens with zero attached hydrogens (tertiary/aromatic N) is 3. The molecule has 0 saturated carbocycles. The van der Waals surface area contributed by atoms with Crippen LogP contribution in [-0.4, -0.2) is 42.3 Å². The maximum atomic E-state index is 5.94. The Labute approximate surface area is 101 Å². The van der Waals surface area contributed by atoms with Gasteiger partial charge in [-0.2, -0.15) is 0 Å². The number of hydrogen-bond acceptors (Lipinski definition) is 5. The normalized spacial score (nSPS) is 24.2. The highest BCUT2D eigenvalue weighted by atomic mass is 16.5. The molecule has 0 bridgehead atoms. The van der Waals surface area contributed by atoms with Crippen LogP contribution in [0.1, 0.15) is 19.3 Å². The van der Waals surface area contributed by atoms with Crippen LogP contribution in [-0.2, 0) is 0 Å². The third kappa shape index (κ3) is 2.34. The summed E-state index contributed by atoms with van der Waals surface area (Å²) in [6.07, 6.45) is 7.22.